The molecule has 2 aromatic rings. The highest BCUT2D eigenvalue weighted by atomic mass is 32.2. The van der Waals surface area contributed by atoms with Crippen LogP contribution in [0.4, 0.5) is 11.4 Å². The molecule has 0 unspecified atom stereocenters. The second-order valence-electron chi connectivity index (χ2n) is 19.7. The molecule has 0 bridgehead atoms. The number of nitrogens with two attached hydrogens (primary N) is 2. The van der Waals surface area contributed by atoms with Gasteiger partial charge in [-0.1, -0.05) is 37.8 Å². The molecule has 2 fully saturated rings. The van der Waals surface area contributed by atoms with E-state index in [2.05, 4.69) is 52.5 Å². The predicted molar refractivity (Wildman–Crippen MR) is 303 cm³/mol. The number of hydrogen-bond acceptors (Lipinski definition) is 18. The lowest BCUT2D eigenvalue weighted by molar-refractivity contribution is -0.122. The highest BCUT2D eigenvalue weighted by Gasteiger charge is 2.41. The van der Waals surface area contributed by atoms with Crippen molar-refractivity contribution in [2.24, 2.45) is 21.5 Å². The van der Waals surface area contributed by atoms with Crippen LogP contribution in [0.3, 0.4) is 0 Å². The highest BCUT2D eigenvalue weighted by Crippen LogP contribution is 2.36. The molecule has 0 radical (unpaired) electrons. The lowest BCUT2D eigenvalue weighted by Crippen LogP contribution is -2.41. The van der Waals surface area contributed by atoms with Crippen molar-refractivity contribution in [3.8, 4) is 0 Å². The van der Waals surface area contributed by atoms with Gasteiger partial charge in [-0.3, -0.25) is 28.8 Å². The quantitative estimate of drug-likeness (QED) is 0.0339. The fraction of sp³-hybridized carbons (Fsp3) is 0.615. The number of rotatable bonds is 36. The molecule has 6 atom stereocenters. The Bertz CT molecular complexity index is 2230. The first-order valence-corrected chi connectivity index (χ1v) is 29.3. The summed E-state index contributed by atoms with van der Waals surface area (Å²) in [5.74, 6) is 1.76. The Morgan fingerprint density at radius 2 is 1.03 bits per heavy atom. The van der Waals surface area contributed by atoms with E-state index in [1.54, 1.807) is 30.3 Å². The highest BCUT2D eigenvalue weighted by molar-refractivity contribution is 8.00. The number of amides is 6. The Morgan fingerprint density at radius 1 is 0.558 bits per heavy atom. The minimum atomic E-state index is -1.67. The average molecular weight is 1110 g/mol. The summed E-state index contributed by atoms with van der Waals surface area (Å²) in [4.78, 5) is 85.7. The lowest BCUT2D eigenvalue weighted by Gasteiger charge is -2.17. The molecular formula is C52H79BN12O10S2. The predicted octanol–water partition coefficient (Wildman–Crippen LogP) is 1.45. The number of carbonyl (C=O) groups excluding carboxylic acids is 6. The number of guanidine groups is 2. The van der Waals surface area contributed by atoms with Crippen LogP contribution in [0.2, 0.25) is 0 Å². The molecule has 422 valence electrons. The smallest absolute Gasteiger partial charge is 0.423 e. The van der Waals surface area contributed by atoms with Gasteiger partial charge in [0.15, 0.2) is 11.9 Å². The summed E-state index contributed by atoms with van der Waals surface area (Å²) in [6.07, 6.45) is 11.1. The van der Waals surface area contributed by atoms with Gasteiger partial charge >= 0.3 is 7.12 Å². The Morgan fingerprint density at radius 3 is 1.52 bits per heavy atom. The van der Waals surface area contributed by atoms with Crippen LogP contribution in [0.15, 0.2) is 52.4 Å². The first-order valence-electron chi connectivity index (χ1n) is 27.2. The molecule has 6 rings (SSSR count). The number of thioether (sulfide) groups is 2. The fourth-order valence-electron chi connectivity index (χ4n) is 9.53. The number of carbonyl (C=O) groups is 6. The van der Waals surface area contributed by atoms with Gasteiger partial charge in [0, 0.05) is 96.4 Å². The van der Waals surface area contributed by atoms with E-state index in [4.69, 9.17) is 20.9 Å². The van der Waals surface area contributed by atoms with E-state index < -0.39 is 13.0 Å². The molecular weight excluding hydrogens is 1030 g/mol. The molecule has 0 spiro atoms. The molecule has 4 aliphatic heterocycles. The summed E-state index contributed by atoms with van der Waals surface area (Å²) in [5, 5.41) is 43.4. The number of benzene rings is 2. The van der Waals surface area contributed by atoms with E-state index >= 15 is 0 Å². The first kappa shape index (κ1) is 60.6. The third-order valence-corrected chi connectivity index (χ3v) is 16.5. The van der Waals surface area contributed by atoms with Crippen LogP contribution in [0.5, 0.6) is 0 Å². The van der Waals surface area contributed by atoms with Gasteiger partial charge in [-0.25, -0.2) is 9.98 Å². The number of ether oxygens (including phenoxy) is 2. The third kappa shape index (κ3) is 21.6. The maximum atomic E-state index is 13.4. The molecule has 25 heteroatoms. The molecule has 14 N–H and O–H groups in total. The van der Waals surface area contributed by atoms with Crippen molar-refractivity contribution >= 4 is 94.8 Å². The molecule has 77 heavy (non-hydrogen) atoms. The number of nitrogens with zero attached hydrogens (tertiary/aromatic N) is 2. The Labute approximate surface area is 460 Å². The minimum Gasteiger partial charge on any atom is -0.423 e. The van der Waals surface area contributed by atoms with Gasteiger partial charge < -0.3 is 73.5 Å². The summed E-state index contributed by atoms with van der Waals surface area (Å²) in [7, 11) is -1.67. The fourth-order valence-corrected chi connectivity index (χ4v) is 12.6. The molecule has 22 nitrogen and oxygen atoms in total. The van der Waals surface area contributed by atoms with E-state index in [0.29, 0.717) is 90.2 Å². The van der Waals surface area contributed by atoms with Crippen molar-refractivity contribution < 1.29 is 48.3 Å². The van der Waals surface area contributed by atoms with E-state index in [1.807, 2.05) is 23.5 Å². The van der Waals surface area contributed by atoms with Crippen LogP contribution < -0.4 is 59.5 Å². The van der Waals surface area contributed by atoms with Crippen molar-refractivity contribution in [1.29, 1.82) is 0 Å². The second kappa shape index (κ2) is 33.0. The molecule has 6 amide bonds. The summed E-state index contributed by atoms with van der Waals surface area (Å²) >= 11 is 3.84. The molecule has 0 aliphatic carbocycles. The molecule has 4 heterocycles. The number of anilines is 2. The first-order chi connectivity index (χ1) is 37.3. The zero-order valence-electron chi connectivity index (χ0n) is 44.0. The monoisotopic (exact) mass is 1110 g/mol. The van der Waals surface area contributed by atoms with Crippen LogP contribution in [0.25, 0.3) is 0 Å². The van der Waals surface area contributed by atoms with Gasteiger partial charge in [0.25, 0.3) is 11.8 Å². The van der Waals surface area contributed by atoms with Crippen LogP contribution in [0, 0.1) is 0 Å². The Kier molecular flexibility index (Phi) is 26.0. The van der Waals surface area contributed by atoms with Crippen LogP contribution in [-0.2, 0) is 28.7 Å². The van der Waals surface area contributed by atoms with Crippen molar-refractivity contribution in [3.05, 3.63) is 53.6 Å². The number of aliphatic imine (C=N–C) groups is 2. The Hall–Kier alpha value is -5.60. The van der Waals surface area contributed by atoms with Gasteiger partial charge in [-0.2, -0.15) is 23.5 Å². The maximum absolute atomic E-state index is 13.4. The molecule has 2 saturated heterocycles. The number of unbranched alkanes of at least 4 members (excludes halogenated alkanes) is 6. The van der Waals surface area contributed by atoms with Crippen molar-refractivity contribution in [1.82, 2.24) is 31.9 Å². The standard InChI is InChI=1S/C52H79BN12O10S2/c54-51-62-39-32-76-41(47(39)64-51)14-5-7-16-43(66)56-20-9-1-3-18-45(68)60-37-29-35(50(71)59-23-25-75-27-26-74-24-22-58-49(70)34-12-11-13-36(28-34)53(72)73)30-38(31-37)61-46(69)19-4-2-10-21-57-44(67)17-8-6-15-42-48-40(33-77-42)63-52(55)65-48/h11-13,28-31,39-42,47-48,72-73H,1-10,14-27,32-33H2,(H,56,66)(H,57,67)(H,58,70)(H,59,71)(H,60,68)(H,61,69)(H3,54,62,64)(H3,55,63,65)/t39-,40-,41-,42-,47-,48-/m0/s1. The zero-order valence-corrected chi connectivity index (χ0v) is 45.6. The van der Waals surface area contributed by atoms with Gasteiger partial charge in [0.1, 0.15) is 0 Å². The molecule has 4 aliphatic rings. The summed E-state index contributed by atoms with van der Waals surface area (Å²) in [5.41, 5.74) is 13.1. The van der Waals surface area contributed by atoms with E-state index in [0.717, 1.165) is 75.7 Å². The van der Waals surface area contributed by atoms with Crippen molar-refractivity contribution in [3.63, 3.8) is 0 Å². The van der Waals surface area contributed by atoms with Gasteiger partial charge in [0.05, 0.1) is 50.6 Å². The average Bonchev–Trinajstić information content (AvgIpc) is 4.18. The van der Waals surface area contributed by atoms with Gasteiger partial charge in [-0.05, 0) is 87.2 Å². The van der Waals surface area contributed by atoms with Crippen LogP contribution in [0.1, 0.15) is 123 Å². The lowest BCUT2D eigenvalue weighted by atomic mass is 9.79. The van der Waals surface area contributed by atoms with Crippen molar-refractivity contribution in [2.75, 3.05) is 74.7 Å². The number of nitrogens with one attached hydrogen (secondary N) is 8. The molecule has 0 aromatic heterocycles. The van der Waals surface area contributed by atoms with Gasteiger partial charge in [0.2, 0.25) is 23.6 Å². The van der Waals surface area contributed by atoms with Gasteiger partial charge in [-0.15, -0.1) is 0 Å². The third-order valence-electron chi connectivity index (χ3n) is 13.6. The summed E-state index contributed by atoms with van der Waals surface area (Å²) in [6.45, 7) is 2.36. The van der Waals surface area contributed by atoms with Crippen LogP contribution >= 0.6 is 23.5 Å². The zero-order chi connectivity index (χ0) is 54.8. The Balaban J connectivity index is 0.850. The van der Waals surface area contributed by atoms with E-state index in [9.17, 15) is 38.8 Å². The normalized spacial score (nSPS) is 19.9. The van der Waals surface area contributed by atoms with Crippen LogP contribution in [-0.4, -0.2) is 163 Å². The SMILES string of the molecule is NC1=N[C@H]2CS[C@@H](CCCCC(=O)NCCCCCC(=O)Nc3cc(NC(=O)CCCCCNC(=O)CCCC[C@@H]4SC[C@@H]5N=C(N)N[C@@H]54)cc(C(=O)NCCOCCOCCNC(=O)c4cccc(B(O)O)c4)c3)[C@H]2N1. The topological polar surface area (TPSA) is 334 Å². The maximum Gasteiger partial charge on any atom is 0.488 e. The summed E-state index contributed by atoms with van der Waals surface area (Å²) in [6, 6.07) is 11.9. The minimum absolute atomic E-state index is 0.0273. The largest absolute Gasteiger partial charge is 0.488 e. The van der Waals surface area contributed by atoms with Crippen molar-refractivity contribution in [2.45, 2.75) is 137 Å². The van der Waals surface area contributed by atoms with E-state index in [1.165, 1.54) is 12.1 Å². The summed E-state index contributed by atoms with van der Waals surface area (Å²) < 4.78 is 11.1. The number of fused-ring (bicyclic) bond motifs is 2. The molecule has 0 saturated carbocycles. The molecule has 2 aromatic carbocycles. The second-order valence-corrected chi connectivity index (χ2v) is 22.2. The number of hydrogen-bond donors (Lipinski definition) is 12. The van der Waals surface area contributed by atoms with E-state index in [-0.39, 0.29) is 105 Å².